The Morgan fingerprint density at radius 2 is 1.95 bits per heavy atom. The Bertz CT molecular complexity index is 1540. The number of ether oxygens (including phenoxy) is 1. The van der Waals surface area contributed by atoms with Crippen molar-refractivity contribution in [2.24, 2.45) is 11.8 Å². The fourth-order valence-electron chi connectivity index (χ4n) is 4.87. The molecular formula is C26H25B3N6O3. The lowest BCUT2D eigenvalue weighted by Gasteiger charge is -2.32. The first-order valence-electron chi connectivity index (χ1n) is 12.7. The van der Waals surface area contributed by atoms with Gasteiger partial charge in [-0.3, -0.25) is 4.79 Å². The molecule has 4 heterocycles. The van der Waals surface area contributed by atoms with Gasteiger partial charge in [-0.1, -0.05) is 12.2 Å². The van der Waals surface area contributed by atoms with E-state index in [4.69, 9.17) is 37.7 Å². The van der Waals surface area contributed by atoms with Crippen molar-refractivity contribution in [3.05, 3.63) is 36.7 Å². The largest absolute Gasteiger partial charge is 0.436 e. The molecule has 1 saturated heterocycles. The van der Waals surface area contributed by atoms with Crippen LogP contribution in [0, 0.1) is 11.8 Å². The van der Waals surface area contributed by atoms with Crippen LogP contribution in [0.4, 0.5) is 17.3 Å². The molecule has 4 aromatic rings. The molecule has 186 valence electrons. The highest BCUT2D eigenvalue weighted by molar-refractivity contribution is 6.60. The first kappa shape index (κ1) is 24.8. The molecule has 3 aromatic heterocycles. The second-order valence-corrected chi connectivity index (χ2v) is 10.3. The van der Waals surface area contributed by atoms with E-state index in [1.807, 2.05) is 18.2 Å². The Morgan fingerprint density at radius 3 is 2.68 bits per heavy atom. The number of nitrogens with one attached hydrogen (secondary N) is 2. The van der Waals surface area contributed by atoms with Gasteiger partial charge in [-0.05, 0) is 43.5 Å². The summed E-state index contributed by atoms with van der Waals surface area (Å²) >= 11 is 0. The van der Waals surface area contributed by atoms with Gasteiger partial charge in [-0.15, -0.1) is 0 Å². The van der Waals surface area contributed by atoms with E-state index < -0.39 is 5.24 Å². The van der Waals surface area contributed by atoms with Gasteiger partial charge in [0.2, 0.25) is 11.8 Å². The molecule has 2 aliphatic rings. The number of pyridine rings is 2. The third-order valence-corrected chi connectivity index (χ3v) is 7.01. The number of morpholine rings is 1. The maximum Gasteiger partial charge on any atom is 0.229 e. The lowest BCUT2D eigenvalue weighted by Crippen LogP contribution is -2.41. The number of fused-ring (bicyclic) bond motifs is 2. The fourth-order valence-corrected chi connectivity index (χ4v) is 4.87. The Kier molecular flexibility index (Phi) is 6.09. The number of aromatic nitrogens is 3. The van der Waals surface area contributed by atoms with Crippen LogP contribution in [0.3, 0.4) is 0 Å². The van der Waals surface area contributed by atoms with E-state index in [9.17, 15) is 4.79 Å². The predicted octanol–water partition coefficient (Wildman–Crippen LogP) is 2.79. The van der Waals surface area contributed by atoms with Gasteiger partial charge in [0.15, 0.2) is 5.58 Å². The fraction of sp³-hybridized carbons (Fsp3) is 0.385. The second-order valence-electron chi connectivity index (χ2n) is 10.3. The Labute approximate surface area is 224 Å². The van der Waals surface area contributed by atoms with Crippen LogP contribution in [-0.2, 0) is 9.53 Å². The monoisotopic (exact) mass is 502 g/mol. The van der Waals surface area contributed by atoms with Crippen molar-refractivity contribution < 1.29 is 13.9 Å². The molecule has 1 amide bonds. The SMILES string of the molecule is [B]C([B])([B])Nc1ncc(-c2nc3cc(N4CCO[C@@H](C)C4)ccc3o2)c2cc(NC(=O)[C@H]3C[C@H]3C)ncc12. The molecule has 38 heavy (non-hydrogen) atoms. The van der Waals surface area contributed by atoms with E-state index in [-0.39, 0.29) is 17.9 Å². The first-order chi connectivity index (χ1) is 18.1. The smallest absolute Gasteiger partial charge is 0.229 e. The molecule has 3 atom stereocenters. The zero-order valence-corrected chi connectivity index (χ0v) is 21.3. The summed E-state index contributed by atoms with van der Waals surface area (Å²) in [6.07, 6.45) is 4.24. The van der Waals surface area contributed by atoms with E-state index in [1.54, 1.807) is 18.5 Å². The molecule has 1 aliphatic carbocycles. The number of hydrogen-bond acceptors (Lipinski definition) is 8. The van der Waals surface area contributed by atoms with Crippen molar-refractivity contribution in [1.29, 1.82) is 0 Å². The lowest BCUT2D eigenvalue weighted by molar-refractivity contribution is -0.117. The van der Waals surface area contributed by atoms with E-state index >= 15 is 0 Å². The topological polar surface area (TPSA) is 105 Å². The summed E-state index contributed by atoms with van der Waals surface area (Å²) in [6, 6.07) is 7.73. The van der Waals surface area contributed by atoms with Crippen molar-refractivity contribution in [2.45, 2.75) is 31.6 Å². The summed E-state index contributed by atoms with van der Waals surface area (Å²) in [5, 5.41) is 5.30. The third-order valence-electron chi connectivity index (χ3n) is 7.01. The van der Waals surface area contributed by atoms with Gasteiger partial charge in [-0.25, -0.2) is 15.0 Å². The summed E-state index contributed by atoms with van der Waals surface area (Å²) in [5.74, 6) is 1.49. The van der Waals surface area contributed by atoms with Crippen LogP contribution >= 0.6 is 0 Å². The van der Waals surface area contributed by atoms with Crippen LogP contribution in [0.1, 0.15) is 20.3 Å². The number of anilines is 3. The highest BCUT2D eigenvalue weighted by atomic mass is 16.5. The van der Waals surface area contributed by atoms with E-state index in [1.165, 1.54) is 0 Å². The van der Waals surface area contributed by atoms with Crippen LogP contribution in [0.25, 0.3) is 33.3 Å². The number of benzene rings is 1. The molecule has 6 rings (SSSR count). The van der Waals surface area contributed by atoms with Crippen molar-refractivity contribution in [2.75, 3.05) is 35.2 Å². The minimum absolute atomic E-state index is 0.00895. The summed E-state index contributed by atoms with van der Waals surface area (Å²) in [6.45, 7) is 6.43. The van der Waals surface area contributed by atoms with Crippen molar-refractivity contribution in [3.63, 3.8) is 0 Å². The number of carbonyl (C=O) groups excluding carboxylic acids is 1. The van der Waals surface area contributed by atoms with Crippen LogP contribution in [0.15, 0.2) is 41.1 Å². The van der Waals surface area contributed by atoms with Gasteiger partial charge in [0.25, 0.3) is 0 Å². The summed E-state index contributed by atoms with van der Waals surface area (Å²) in [4.78, 5) is 28.5. The number of nitrogens with zero attached hydrogens (tertiary/aromatic N) is 4. The number of amides is 1. The quantitative estimate of drug-likeness (QED) is 0.389. The second kappa shape index (κ2) is 9.34. The van der Waals surface area contributed by atoms with Crippen LogP contribution in [0.5, 0.6) is 0 Å². The molecule has 1 saturated carbocycles. The van der Waals surface area contributed by atoms with Crippen molar-refractivity contribution >= 4 is 68.6 Å². The molecule has 0 unspecified atom stereocenters. The summed E-state index contributed by atoms with van der Waals surface area (Å²) in [5.41, 5.74) is 3.05. The molecule has 12 heteroatoms. The van der Waals surface area contributed by atoms with Crippen LogP contribution in [0.2, 0.25) is 0 Å². The maximum absolute atomic E-state index is 12.6. The molecular weight excluding hydrogens is 477 g/mol. The summed E-state index contributed by atoms with van der Waals surface area (Å²) in [7, 11) is 17.3. The number of rotatable bonds is 6. The summed E-state index contributed by atoms with van der Waals surface area (Å²) < 4.78 is 11.8. The minimum Gasteiger partial charge on any atom is -0.436 e. The van der Waals surface area contributed by atoms with Gasteiger partial charge in [0, 0.05) is 47.9 Å². The molecule has 2 fully saturated rings. The van der Waals surface area contributed by atoms with Crippen LogP contribution in [-0.4, -0.2) is 75.4 Å². The van der Waals surface area contributed by atoms with Gasteiger partial charge in [0.05, 0.1) is 41.8 Å². The lowest BCUT2D eigenvalue weighted by atomic mass is 9.49. The van der Waals surface area contributed by atoms with Crippen molar-refractivity contribution in [3.8, 4) is 11.5 Å². The highest BCUT2D eigenvalue weighted by Crippen LogP contribution is 2.39. The standard InChI is InChI=1S/C26H25B3N6O3/c1-13-7-16(13)24(36)33-22-9-17-18(10-30-22)23(34-26(27,28)29)31-11-19(17)25-32-20-8-15(3-4-21(20)38-25)35-5-6-37-14(2)12-35/h3-4,8-11,13-14,16H,5-7,12H2,1-2H3,(H,31,34)(H,30,33,36)/t13-,14+,16+/m1/s1. The van der Waals surface area contributed by atoms with Crippen molar-refractivity contribution in [1.82, 2.24) is 15.0 Å². The van der Waals surface area contributed by atoms with Gasteiger partial charge >= 0.3 is 0 Å². The molecule has 6 radical (unpaired) electrons. The molecule has 0 spiro atoms. The molecule has 1 aromatic carbocycles. The molecule has 0 bridgehead atoms. The Morgan fingerprint density at radius 1 is 1.13 bits per heavy atom. The first-order valence-corrected chi connectivity index (χ1v) is 12.7. The Hall–Kier alpha value is -3.53. The minimum atomic E-state index is -1.69. The number of oxazole rings is 1. The maximum atomic E-state index is 12.6. The predicted molar refractivity (Wildman–Crippen MR) is 150 cm³/mol. The average Bonchev–Trinajstić information content (AvgIpc) is 3.45. The van der Waals surface area contributed by atoms with Gasteiger partial charge < -0.3 is 24.7 Å². The third kappa shape index (κ3) is 4.97. The van der Waals surface area contributed by atoms with Gasteiger partial charge in [0.1, 0.15) is 17.2 Å². The Balaban J connectivity index is 1.40. The molecule has 2 N–H and O–H groups in total. The van der Waals surface area contributed by atoms with Gasteiger partial charge in [-0.2, -0.15) is 0 Å². The highest BCUT2D eigenvalue weighted by Gasteiger charge is 2.39. The molecule has 9 nitrogen and oxygen atoms in total. The average molecular weight is 502 g/mol. The van der Waals surface area contributed by atoms with E-state index in [2.05, 4.69) is 39.3 Å². The molecule has 1 aliphatic heterocycles. The zero-order chi connectivity index (χ0) is 26.6. The zero-order valence-electron chi connectivity index (χ0n) is 21.3. The van der Waals surface area contributed by atoms with E-state index in [0.717, 1.165) is 30.7 Å². The number of carbonyl (C=O) groups is 1. The van der Waals surface area contributed by atoms with E-state index in [0.29, 0.717) is 52.0 Å². The number of hydrogen-bond donors (Lipinski definition) is 2. The van der Waals surface area contributed by atoms with Crippen LogP contribution < -0.4 is 15.5 Å². The normalized spacial score (nSPS) is 21.5.